The molecule has 0 spiro atoms. The van der Waals surface area contributed by atoms with Crippen LogP contribution in [0.2, 0.25) is 0 Å². The highest BCUT2D eigenvalue weighted by atomic mass is 19.1. The molecule has 1 aromatic heterocycles. The van der Waals surface area contributed by atoms with Crippen LogP contribution in [-0.4, -0.2) is 4.98 Å². The second-order valence-electron chi connectivity index (χ2n) is 3.39. The molecule has 0 aliphatic heterocycles. The number of hydrogen-bond donors (Lipinski definition) is 0. The molecule has 0 bridgehead atoms. The maximum absolute atomic E-state index is 14.0. The summed E-state index contributed by atoms with van der Waals surface area (Å²) < 4.78 is 14.0. The minimum absolute atomic E-state index is 0.613. The van der Waals surface area contributed by atoms with Crippen molar-refractivity contribution >= 4 is 0 Å². The van der Waals surface area contributed by atoms with Gasteiger partial charge in [-0.25, -0.2) is 4.39 Å². The number of halogens is 1. The molecule has 1 nitrogen and oxygen atoms in total. The van der Waals surface area contributed by atoms with Crippen LogP contribution in [0.5, 0.6) is 0 Å². The van der Waals surface area contributed by atoms with Gasteiger partial charge in [-0.3, -0.25) is 4.98 Å². The van der Waals surface area contributed by atoms with Crippen molar-refractivity contribution in [3.05, 3.63) is 30.1 Å². The summed E-state index contributed by atoms with van der Waals surface area (Å²) in [7, 11) is 0. The number of nitrogens with zero attached hydrogens (tertiary/aromatic N) is 1. The van der Waals surface area contributed by atoms with Gasteiger partial charge in [0.1, 0.15) is 0 Å². The summed E-state index contributed by atoms with van der Waals surface area (Å²) in [6, 6.07) is 5.45. The third kappa shape index (κ3) is 1.22. The van der Waals surface area contributed by atoms with Crippen molar-refractivity contribution in [1.29, 1.82) is 0 Å². The number of alkyl halides is 1. The first-order valence-corrected chi connectivity index (χ1v) is 4.42. The van der Waals surface area contributed by atoms with Crippen LogP contribution in [0, 0.1) is 0 Å². The summed E-state index contributed by atoms with van der Waals surface area (Å²) in [5, 5.41) is 0. The predicted molar refractivity (Wildman–Crippen MR) is 45.5 cm³/mol. The largest absolute Gasteiger partial charge is 0.258 e. The normalized spacial score (nSPS) is 21.1. The summed E-state index contributed by atoms with van der Waals surface area (Å²) in [6.07, 6.45) is 4.93. The highest BCUT2D eigenvalue weighted by molar-refractivity contribution is 5.14. The fraction of sp³-hybridized carbons (Fsp3) is 0.500. The van der Waals surface area contributed by atoms with Gasteiger partial charge in [0.25, 0.3) is 0 Å². The van der Waals surface area contributed by atoms with E-state index in [-0.39, 0.29) is 0 Å². The zero-order valence-corrected chi connectivity index (χ0v) is 6.96. The SMILES string of the molecule is FC1(c2ccccn2)CCCC1. The first-order chi connectivity index (χ1) is 5.81. The van der Waals surface area contributed by atoms with E-state index in [2.05, 4.69) is 4.98 Å². The number of rotatable bonds is 1. The van der Waals surface area contributed by atoms with Crippen LogP contribution < -0.4 is 0 Å². The summed E-state index contributed by atoms with van der Waals surface area (Å²) in [6.45, 7) is 0. The Kier molecular flexibility index (Phi) is 1.83. The van der Waals surface area contributed by atoms with E-state index in [0.29, 0.717) is 18.5 Å². The molecule has 0 saturated heterocycles. The molecular weight excluding hydrogens is 153 g/mol. The highest BCUT2D eigenvalue weighted by Gasteiger charge is 2.36. The molecule has 1 heterocycles. The van der Waals surface area contributed by atoms with Crippen molar-refractivity contribution in [2.24, 2.45) is 0 Å². The van der Waals surface area contributed by atoms with Gasteiger partial charge in [-0.2, -0.15) is 0 Å². The van der Waals surface area contributed by atoms with Crippen LogP contribution in [0.4, 0.5) is 4.39 Å². The van der Waals surface area contributed by atoms with Crippen molar-refractivity contribution in [2.45, 2.75) is 31.4 Å². The molecule has 2 heteroatoms. The van der Waals surface area contributed by atoms with Crippen molar-refractivity contribution in [1.82, 2.24) is 4.98 Å². The first-order valence-electron chi connectivity index (χ1n) is 4.42. The molecule has 0 aromatic carbocycles. The number of aromatic nitrogens is 1. The molecule has 1 aliphatic carbocycles. The minimum Gasteiger partial charge on any atom is -0.258 e. The lowest BCUT2D eigenvalue weighted by atomic mass is 10.00. The van der Waals surface area contributed by atoms with Gasteiger partial charge in [0.2, 0.25) is 0 Å². The Morgan fingerprint density at radius 1 is 1.25 bits per heavy atom. The first kappa shape index (κ1) is 7.71. The Hall–Kier alpha value is -0.920. The smallest absolute Gasteiger partial charge is 0.152 e. The van der Waals surface area contributed by atoms with Crippen LogP contribution >= 0.6 is 0 Å². The van der Waals surface area contributed by atoms with Crippen molar-refractivity contribution < 1.29 is 4.39 Å². The maximum Gasteiger partial charge on any atom is 0.152 e. The van der Waals surface area contributed by atoms with Crippen molar-refractivity contribution in [3.63, 3.8) is 0 Å². The topological polar surface area (TPSA) is 12.9 Å². The Balaban J connectivity index is 2.29. The van der Waals surface area contributed by atoms with Crippen LogP contribution in [0.1, 0.15) is 31.4 Å². The molecule has 12 heavy (non-hydrogen) atoms. The molecule has 1 aromatic rings. The molecule has 0 amide bonds. The van der Waals surface area contributed by atoms with E-state index in [1.807, 2.05) is 12.1 Å². The van der Waals surface area contributed by atoms with Gasteiger partial charge < -0.3 is 0 Å². The van der Waals surface area contributed by atoms with Crippen LogP contribution in [-0.2, 0) is 5.67 Å². The molecule has 1 aliphatic rings. The van der Waals surface area contributed by atoms with Gasteiger partial charge in [-0.05, 0) is 37.8 Å². The zero-order valence-electron chi connectivity index (χ0n) is 6.96. The minimum atomic E-state index is -1.12. The molecular formula is C10H12FN. The fourth-order valence-corrected chi connectivity index (χ4v) is 1.82. The van der Waals surface area contributed by atoms with E-state index in [9.17, 15) is 4.39 Å². The average molecular weight is 165 g/mol. The van der Waals surface area contributed by atoms with E-state index in [0.717, 1.165) is 12.8 Å². The lowest BCUT2D eigenvalue weighted by Crippen LogP contribution is -2.16. The highest BCUT2D eigenvalue weighted by Crippen LogP contribution is 2.40. The van der Waals surface area contributed by atoms with Crippen molar-refractivity contribution in [2.75, 3.05) is 0 Å². The van der Waals surface area contributed by atoms with Gasteiger partial charge in [0.05, 0.1) is 5.69 Å². The lowest BCUT2D eigenvalue weighted by molar-refractivity contribution is 0.168. The van der Waals surface area contributed by atoms with E-state index in [1.165, 1.54) is 0 Å². The Labute approximate surface area is 71.6 Å². The molecule has 0 radical (unpaired) electrons. The summed E-state index contributed by atoms with van der Waals surface area (Å²) in [5.41, 5.74) is -0.510. The third-order valence-electron chi connectivity index (χ3n) is 2.52. The molecule has 0 N–H and O–H groups in total. The summed E-state index contributed by atoms with van der Waals surface area (Å²) >= 11 is 0. The van der Waals surface area contributed by atoms with E-state index < -0.39 is 5.67 Å². The Bertz CT molecular complexity index is 252. The number of pyridine rings is 1. The van der Waals surface area contributed by atoms with Crippen LogP contribution in [0.15, 0.2) is 24.4 Å². The van der Waals surface area contributed by atoms with Gasteiger partial charge in [-0.1, -0.05) is 6.07 Å². The van der Waals surface area contributed by atoms with E-state index in [1.54, 1.807) is 12.3 Å². The lowest BCUT2D eigenvalue weighted by Gasteiger charge is -2.17. The molecule has 1 saturated carbocycles. The molecule has 1 fully saturated rings. The maximum atomic E-state index is 14.0. The standard InChI is InChI=1S/C10H12FN/c11-10(6-2-3-7-10)9-5-1-4-8-12-9/h1,4-5,8H,2-3,6-7H2. The summed E-state index contributed by atoms with van der Waals surface area (Å²) in [4.78, 5) is 4.06. The number of hydrogen-bond acceptors (Lipinski definition) is 1. The van der Waals surface area contributed by atoms with Gasteiger partial charge in [0.15, 0.2) is 5.67 Å². The monoisotopic (exact) mass is 165 g/mol. The molecule has 64 valence electrons. The predicted octanol–water partition coefficient (Wildman–Crippen LogP) is 2.82. The Morgan fingerprint density at radius 2 is 2.00 bits per heavy atom. The zero-order chi connectivity index (χ0) is 8.44. The quantitative estimate of drug-likeness (QED) is 0.623. The second-order valence-corrected chi connectivity index (χ2v) is 3.39. The fourth-order valence-electron chi connectivity index (χ4n) is 1.82. The Morgan fingerprint density at radius 3 is 2.58 bits per heavy atom. The van der Waals surface area contributed by atoms with Gasteiger partial charge in [0, 0.05) is 6.20 Å². The van der Waals surface area contributed by atoms with Gasteiger partial charge in [-0.15, -0.1) is 0 Å². The third-order valence-corrected chi connectivity index (χ3v) is 2.52. The van der Waals surface area contributed by atoms with Crippen LogP contribution in [0.3, 0.4) is 0 Å². The average Bonchev–Trinajstić information content (AvgIpc) is 2.55. The molecule has 0 unspecified atom stereocenters. The van der Waals surface area contributed by atoms with Gasteiger partial charge >= 0.3 is 0 Å². The summed E-state index contributed by atoms with van der Waals surface area (Å²) in [5.74, 6) is 0. The molecule has 0 atom stereocenters. The second kappa shape index (κ2) is 2.85. The van der Waals surface area contributed by atoms with Crippen molar-refractivity contribution in [3.8, 4) is 0 Å². The molecule has 2 rings (SSSR count). The van der Waals surface area contributed by atoms with E-state index in [4.69, 9.17) is 0 Å². The van der Waals surface area contributed by atoms with Crippen LogP contribution in [0.25, 0.3) is 0 Å². The van der Waals surface area contributed by atoms with E-state index >= 15 is 0 Å².